The fourth-order valence-corrected chi connectivity index (χ4v) is 3.39. The van der Waals surface area contributed by atoms with Crippen molar-refractivity contribution in [3.05, 3.63) is 101 Å². The van der Waals surface area contributed by atoms with Gasteiger partial charge < -0.3 is 20.7 Å². The molecule has 4 rings (SSSR count). The topological polar surface area (TPSA) is 92.3 Å². The molecule has 31 heavy (non-hydrogen) atoms. The van der Waals surface area contributed by atoms with Crippen LogP contribution < -0.4 is 20.7 Å². The van der Waals surface area contributed by atoms with Gasteiger partial charge in [0.2, 0.25) is 0 Å². The summed E-state index contributed by atoms with van der Waals surface area (Å²) in [5.74, 6) is 0.740. The molecule has 1 atom stereocenters. The van der Waals surface area contributed by atoms with Gasteiger partial charge in [0, 0.05) is 11.9 Å². The first-order valence-corrected chi connectivity index (χ1v) is 9.87. The van der Waals surface area contributed by atoms with Crippen LogP contribution in [0.3, 0.4) is 0 Å². The molecule has 0 saturated carbocycles. The molecule has 1 aliphatic rings. The van der Waals surface area contributed by atoms with Crippen LogP contribution >= 0.6 is 0 Å². The van der Waals surface area contributed by atoms with E-state index in [1.165, 1.54) is 0 Å². The summed E-state index contributed by atoms with van der Waals surface area (Å²) in [5, 5.41) is 8.30. The molecule has 0 fully saturated rings. The van der Waals surface area contributed by atoms with E-state index in [9.17, 15) is 9.59 Å². The fraction of sp³-hybridized carbons (Fsp3) is 0.125. The number of hydrogen-bond donors (Lipinski definition) is 3. The Morgan fingerprint density at radius 2 is 1.87 bits per heavy atom. The monoisotopic (exact) mass is 414 g/mol. The van der Waals surface area contributed by atoms with Crippen molar-refractivity contribution >= 4 is 17.8 Å². The summed E-state index contributed by atoms with van der Waals surface area (Å²) in [5.41, 5.74) is 2.68. The minimum Gasteiger partial charge on any atom is -0.489 e. The predicted molar refractivity (Wildman–Crippen MR) is 117 cm³/mol. The van der Waals surface area contributed by atoms with E-state index in [1.807, 2.05) is 54.6 Å². The van der Waals surface area contributed by atoms with E-state index in [0.29, 0.717) is 29.4 Å². The summed E-state index contributed by atoms with van der Waals surface area (Å²) in [6, 6.07) is 21.5. The zero-order chi connectivity index (χ0) is 21.6. The van der Waals surface area contributed by atoms with Crippen molar-refractivity contribution < 1.29 is 14.3 Å². The molecule has 7 nitrogen and oxygen atoms in total. The average molecular weight is 414 g/mol. The molecule has 2 aromatic carbocycles. The number of carbonyl (C=O) groups is 2. The van der Waals surface area contributed by atoms with Gasteiger partial charge in [0.1, 0.15) is 18.2 Å². The third kappa shape index (κ3) is 4.90. The zero-order valence-electron chi connectivity index (χ0n) is 17.0. The number of allylic oxidation sites excluding steroid dienone is 1. The van der Waals surface area contributed by atoms with Crippen molar-refractivity contribution in [1.29, 1.82) is 0 Å². The standard InChI is InChI=1S/C24H22N4O3/c1-16-21(23(29)27-20-12-5-6-13-25-20)22(28-24(30)26-16)18-10-7-11-19(14-18)31-15-17-8-3-2-4-9-17/h2-14,22H,15H2,1H3,(H,25,27,29)(H2,26,28,30). The second-order valence-corrected chi connectivity index (χ2v) is 7.09. The number of amides is 3. The number of pyridine rings is 1. The summed E-state index contributed by atoms with van der Waals surface area (Å²) >= 11 is 0. The molecule has 3 aromatic rings. The molecule has 7 heteroatoms. The first-order valence-electron chi connectivity index (χ1n) is 9.87. The predicted octanol–water partition coefficient (Wildman–Crippen LogP) is 3.93. The second-order valence-electron chi connectivity index (χ2n) is 7.09. The normalized spacial score (nSPS) is 15.6. The number of urea groups is 1. The number of ether oxygens (including phenoxy) is 1. The first kappa shape index (κ1) is 20.2. The number of rotatable bonds is 6. The van der Waals surface area contributed by atoms with E-state index in [2.05, 4.69) is 20.9 Å². The molecule has 1 aromatic heterocycles. The number of nitrogens with one attached hydrogen (secondary N) is 3. The van der Waals surface area contributed by atoms with E-state index in [-0.39, 0.29) is 11.9 Å². The molecule has 0 bridgehead atoms. The number of hydrogen-bond acceptors (Lipinski definition) is 4. The maximum absolute atomic E-state index is 13.0. The Morgan fingerprint density at radius 1 is 1.06 bits per heavy atom. The van der Waals surface area contributed by atoms with Crippen molar-refractivity contribution in [2.45, 2.75) is 19.6 Å². The average Bonchev–Trinajstić information content (AvgIpc) is 2.78. The summed E-state index contributed by atoms with van der Waals surface area (Å²) < 4.78 is 5.91. The summed E-state index contributed by atoms with van der Waals surface area (Å²) in [6.45, 7) is 2.12. The van der Waals surface area contributed by atoms with Gasteiger partial charge in [0.15, 0.2) is 0 Å². The van der Waals surface area contributed by atoms with Gasteiger partial charge in [0.05, 0.1) is 11.6 Å². The quantitative estimate of drug-likeness (QED) is 0.570. The molecular formula is C24H22N4O3. The third-order valence-corrected chi connectivity index (χ3v) is 4.86. The zero-order valence-corrected chi connectivity index (χ0v) is 17.0. The lowest BCUT2D eigenvalue weighted by Crippen LogP contribution is -2.46. The van der Waals surface area contributed by atoms with Gasteiger partial charge in [-0.15, -0.1) is 0 Å². The van der Waals surface area contributed by atoms with Crippen LogP contribution in [0.5, 0.6) is 5.75 Å². The Morgan fingerprint density at radius 3 is 2.65 bits per heavy atom. The molecule has 0 aliphatic carbocycles. The Labute approximate surface area is 180 Å². The highest BCUT2D eigenvalue weighted by Gasteiger charge is 2.31. The highest BCUT2D eigenvalue weighted by Crippen LogP contribution is 2.30. The minimum atomic E-state index is -0.627. The molecule has 3 amide bonds. The first-order chi connectivity index (χ1) is 15.1. The number of aromatic nitrogens is 1. The highest BCUT2D eigenvalue weighted by atomic mass is 16.5. The van der Waals surface area contributed by atoms with Crippen molar-refractivity contribution in [3.63, 3.8) is 0 Å². The lowest BCUT2D eigenvalue weighted by atomic mass is 9.94. The van der Waals surface area contributed by atoms with Crippen molar-refractivity contribution in [2.24, 2.45) is 0 Å². The SMILES string of the molecule is CC1=C(C(=O)Nc2ccccn2)C(c2cccc(OCc3ccccc3)c2)NC(=O)N1. The van der Waals surface area contributed by atoms with E-state index in [4.69, 9.17) is 4.74 Å². The Balaban J connectivity index is 1.58. The van der Waals surface area contributed by atoms with Gasteiger partial charge in [-0.1, -0.05) is 48.5 Å². The van der Waals surface area contributed by atoms with Crippen LogP contribution in [0.2, 0.25) is 0 Å². The molecular weight excluding hydrogens is 392 g/mol. The maximum Gasteiger partial charge on any atom is 0.319 e. The van der Waals surface area contributed by atoms with Crippen LogP contribution in [-0.4, -0.2) is 16.9 Å². The van der Waals surface area contributed by atoms with Crippen LogP contribution in [0.4, 0.5) is 10.6 Å². The Hall–Kier alpha value is -4.13. The van der Waals surface area contributed by atoms with Gasteiger partial charge in [-0.2, -0.15) is 0 Å². The molecule has 1 aliphatic heterocycles. The van der Waals surface area contributed by atoms with Crippen LogP contribution in [0.1, 0.15) is 24.1 Å². The Kier molecular flexibility index (Phi) is 5.93. The van der Waals surface area contributed by atoms with E-state index >= 15 is 0 Å². The number of carbonyl (C=O) groups excluding carboxylic acids is 2. The lowest BCUT2D eigenvalue weighted by molar-refractivity contribution is -0.113. The number of anilines is 1. The minimum absolute atomic E-state index is 0.343. The summed E-state index contributed by atoms with van der Waals surface area (Å²) in [4.78, 5) is 29.3. The van der Waals surface area contributed by atoms with Crippen molar-refractivity contribution in [1.82, 2.24) is 15.6 Å². The van der Waals surface area contributed by atoms with Gasteiger partial charge in [-0.05, 0) is 42.3 Å². The molecule has 156 valence electrons. The number of benzene rings is 2. The molecule has 0 radical (unpaired) electrons. The van der Waals surface area contributed by atoms with Crippen LogP contribution in [0.15, 0.2) is 90.3 Å². The lowest BCUT2D eigenvalue weighted by Gasteiger charge is -2.28. The van der Waals surface area contributed by atoms with Crippen LogP contribution in [-0.2, 0) is 11.4 Å². The third-order valence-electron chi connectivity index (χ3n) is 4.86. The molecule has 0 spiro atoms. The van der Waals surface area contributed by atoms with Crippen molar-refractivity contribution in [2.75, 3.05) is 5.32 Å². The van der Waals surface area contributed by atoms with E-state index in [0.717, 1.165) is 11.1 Å². The molecule has 2 heterocycles. The van der Waals surface area contributed by atoms with Gasteiger partial charge in [-0.25, -0.2) is 9.78 Å². The second kappa shape index (κ2) is 9.13. The van der Waals surface area contributed by atoms with Crippen LogP contribution in [0, 0.1) is 0 Å². The molecule has 0 saturated heterocycles. The molecule has 3 N–H and O–H groups in total. The van der Waals surface area contributed by atoms with Crippen LogP contribution in [0.25, 0.3) is 0 Å². The highest BCUT2D eigenvalue weighted by molar-refractivity contribution is 6.06. The van der Waals surface area contributed by atoms with Crippen molar-refractivity contribution in [3.8, 4) is 5.75 Å². The van der Waals surface area contributed by atoms with Gasteiger partial charge in [0.25, 0.3) is 5.91 Å². The molecule has 1 unspecified atom stereocenters. The van der Waals surface area contributed by atoms with E-state index in [1.54, 1.807) is 31.3 Å². The largest absolute Gasteiger partial charge is 0.489 e. The smallest absolute Gasteiger partial charge is 0.319 e. The fourth-order valence-electron chi connectivity index (χ4n) is 3.39. The summed E-state index contributed by atoms with van der Waals surface area (Å²) in [7, 11) is 0. The maximum atomic E-state index is 13.0. The van der Waals surface area contributed by atoms with E-state index < -0.39 is 6.04 Å². The van der Waals surface area contributed by atoms with Gasteiger partial charge >= 0.3 is 6.03 Å². The summed E-state index contributed by atoms with van der Waals surface area (Å²) in [6.07, 6.45) is 1.60. The Bertz CT molecular complexity index is 1110. The number of nitrogens with zero attached hydrogens (tertiary/aromatic N) is 1. The van der Waals surface area contributed by atoms with Gasteiger partial charge in [-0.3, -0.25) is 4.79 Å².